The maximum absolute atomic E-state index is 12.9. The second-order valence-corrected chi connectivity index (χ2v) is 8.09. The summed E-state index contributed by atoms with van der Waals surface area (Å²) >= 11 is 7.75. The highest BCUT2D eigenvalue weighted by molar-refractivity contribution is 7.21. The summed E-state index contributed by atoms with van der Waals surface area (Å²) in [4.78, 5) is 27.8. The molecule has 0 saturated heterocycles. The predicted octanol–water partition coefficient (Wildman–Crippen LogP) is 6.47. The van der Waals surface area contributed by atoms with E-state index in [1.807, 2.05) is 61.5 Å². The number of nitrogens with one attached hydrogen (secondary N) is 1. The van der Waals surface area contributed by atoms with Crippen LogP contribution in [0, 0.1) is 0 Å². The standard InChI is InChI=1S/C24H19ClN2O2S/c1-2-27(18-8-4-3-5-9-18)24(29)16-12-14-17(15-13-16)26-23(28)22-21(25)19-10-6-7-11-20(19)30-22/h3-15H,2H2,1H3,(H,26,28). The lowest BCUT2D eigenvalue weighted by Crippen LogP contribution is -2.30. The molecule has 0 spiro atoms. The Kier molecular flexibility index (Phi) is 5.84. The fourth-order valence-corrected chi connectivity index (χ4v) is 4.66. The van der Waals surface area contributed by atoms with Gasteiger partial charge in [-0.2, -0.15) is 0 Å². The monoisotopic (exact) mass is 434 g/mol. The van der Waals surface area contributed by atoms with Crippen LogP contribution in [0.5, 0.6) is 0 Å². The molecule has 0 fully saturated rings. The fourth-order valence-electron chi connectivity index (χ4n) is 3.25. The number of thiophene rings is 1. The average Bonchev–Trinajstić information content (AvgIpc) is 3.12. The molecule has 4 nitrogen and oxygen atoms in total. The van der Waals surface area contributed by atoms with Crippen molar-refractivity contribution in [3.05, 3.63) is 94.3 Å². The van der Waals surface area contributed by atoms with Crippen molar-refractivity contribution in [1.82, 2.24) is 0 Å². The number of hydrogen-bond donors (Lipinski definition) is 1. The number of nitrogens with zero attached hydrogens (tertiary/aromatic N) is 1. The Labute approximate surface area is 183 Å². The third-order valence-corrected chi connectivity index (χ3v) is 6.43. The number of carbonyl (C=O) groups excluding carboxylic acids is 2. The summed E-state index contributed by atoms with van der Waals surface area (Å²) in [5, 5.41) is 4.19. The molecule has 2 amide bonds. The Hall–Kier alpha value is -3.15. The molecular formula is C24H19ClN2O2S. The molecule has 0 aliphatic rings. The topological polar surface area (TPSA) is 49.4 Å². The van der Waals surface area contributed by atoms with E-state index in [4.69, 9.17) is 11.6 Å². The second-order valence-electron chi connectivity index (χ2n) is 6.66. The van der Waals surface area contributed by atoms with E-state index >= 15 is 0 Å². The van der Waals surface area contributed by atoms with Gasteiger partial charge in [0.05, 0.1) is 5.02 Å². The van der Waals surface area contributed by atoms with Crippen LogP contribution in [0.25, 0.3) is 10.1 Å². The fraction of sp³-hybridized carbons (Fsp3) is 0.0833. The predicted molar refractivity (Wildman–Crippen MR) is 125 cm³/mol. The van der Waals surface area contributed by atoms with Crippen molar-refractivity contribution in [3.8, 4) is 0 Å². The molecule has 4 aromatic rings. The number of benzene rings is 3. The lowest BCUT2D eigenvalue weighted by atomic mass is 10.1. The van der Waals surface area contributed by atoms with Gasteiger partial charge in [0.2, 0.25) is 0 Å². The maximum atomic E-state index is 12.9. The molecule has 1 N–H and O–H groups in total. The van der Waals surface area contributed by atoms with Gasteiger partial charge in [0.1, 0.15) is 4.88 Å². The normalized spacial score (nSPS) is 10.7. The Morgan fingerprint density at radius 2 is 1.60 bits per heavy atom. The zero-order valence-electron chi connectivity index (χ0n) is 16.3. The van der Waals surface area contributed by atoms with E-state index in [2.05, 4.69) is 5.32 Å². The molecule has 1 aromatic heterocycles. The lowest BCUT2D eigenvalue weighted by molar-refractivity contribution is 0.0987. The number of halogens is 1. The van der Waals surface area contributed by atoms with Crippen molar-refractivity contribution in [2.45, 2.75) is 6.92 Å². The third kappa shape index (κ3) is 3.95. The van der Waals surface area contributed by atoms with Crippen molar-refractivity contribution in [2.75, 3.05) is 16.8 Å². The smallest absolute Gasteiger partial charge is 0.267 e. The van der Waals surface area contributed by atoms with Crippen LogP contribution in [0.15, 0.2) is 78.9 Å². The zero-order chi connectivity index (χ0) is 21.1. The summed E-state index contributed by atoms with van der Waals surface area (Å²) in [6, 6.07) is 24.1. The summed E-state index contributed by atoms with van der Waals surface area (Å²) in [5.74, 6) is -0.353. The van der Waals surface area contributed by atoms with Gasteiger partial charge in [0.15, 0.2) is 0 Å². The van der Waals surface area contributed by atoms with Gasteiger partial charge in [0, 0.05) is 33.6 Å². The number of para-hydroxylation sites is 1. The first-order chi connectivity index (χ1) is 14.6. The molecule has 0 bridgehead atoms. The van der Waals surface area contributed by atoms with Crippen molar-refractivity contribution >= 4 is 56.2 Å². The molecule has 0 saturated carbocycles. The molecule has 0 aliphatic carbocycles. The van der Waals surface area contributed by atoms with Gasteiger partial charge in [-0.1, -0.05) is 48.0 Å². The van der Waals surface area contributed by atoms with Crippen LogP contribution < -0.4 is 10.2 Å². The van der Waals surface area contributed by atoms with Crippen LogP contribution >= 0.6 is 22.9 Å². The molecule has 4 rings (SSSR count). The van der Waals surface area contributed by atoms with Crippen LogP contribution in [-0.4, -0.2) is 18.4 Å². The first kappa shape index (κ1) is 20.1. The first-order valence-electron chi connectivity index (χ1n) is 9.54. The number of carbonyl (C=O) groups is 2. The van der Waals surface area contributed by atoms with E-state index in [0.717, 1.165) is 15.8 Å². The van der Waals surface area contributed by atoms with Gasteiger partial charge >= 0.3 is 0 Å². The Balaban J connectivity index is 1.51. The van der Waals surface area contributed by atoms with Crippen LogP contribution in [-0.2, 0) is 0 Å². The maximum Gasteiger partial charge on any atom is 0.267 e. The van der Waals surface area contributed by atoms with Gasteiger partial charge in [-0.25, -0.2) is 0 Å². The van der Waals surface area contributed by atoms with Crippen molar-refractivity contribution in [1.29, 1.82) is 0 Å². The third-order valence-electron chi connectivity index (χ3n) is 4.76. The highest BCUT2D eigenvalue weighted by Crippen LogP contribution is 2.35. The van der Waals surface area contributed by atoms with Crippen molar-refractivity contribution in [3.63, 3.8) is 0 Å². The van der Waals surface area contributed by atoms with E-state index in [0.29, 0.717) is 27.7 Å². The Bertz CT molecular complexity index is 1200. The van der Waals surface area contributed by atoms with Gasteiger partial charge in [-0.3, -0.25) is 9.59 Å². The molecule has 0 radical (unpaired) electrons. The van der Waals surface area contributed by atoms with Crippen LogP contribution in [0.4, 0.5) is 11.4 Å². The Morgan fingerprint density at radius 3 is 2.27 bits per heavy atom. The molecule has 0 unspecified atom stereocenters. The first-order valence-corrected chi connectivity index (χ1v) is 10.7. The summed E-state index contributed by atoms with van der Waals surface area (Å²) in [6.45, 7) is 2.50. The minimum absolute atomic E-state index is 0.0888. The molecule has 0 atom stereocenters. The zero-order valence-corrected chi connectivity index (χ0v) is 17.8. The minimum Gasteiger partial charge on any atom is -0.321 e. The SMILES string of the molecule is CCN(C(=O)c1ccc(NC(=O)c2sc3ccccc3c2Cl)cc1)c1ccccc1. The highest BCUT2D eigenvalue weighted by atomic mass is 35.5. The van der Waals surface area contributed by atoms with Crippen LogP contribution in [0.3, 0.4) is 0 Å². The summed E-state index contributed by atoms with van der Waals surface area (Å²) in [5.41, 5.74) is 2.01. The largest absolute Gasteiger partial charge is 0.321 e. The van der Waals surface area contributed by atoms with E-state index < -0.39 is 0 Å². The molecule has 150 valence electrons. The van der Waals surface area contributed by atoms with Crippen LogP contribution in [0.1, 0.15) is 27.0 Å². The molecule has 6 heteroatoms. The van der Waals surface area contributed by atoms with Gasteiger partial charge < -0.3 is 10.2 Å². The lowest BCUT2D eigenvalue weighted by Gasteiger charge is -2.21. The van der Waals surface area contributed by atoms with Gasteiger partial charge in [0.25, 0.3) is 11.8 Å². The summed E-state index contributed by atoms with van der Waals surface area (Å²) in [7, 11) is 0. The quantitative estimate of drug-likeness (QED) is 0.391. The van der Waals surface area contributed by atoms with Gasteiger partial charge in [-0.15, -0.1) is 11.3 Å². The van der Waals surface area contributed by atoms with E-state index in [9.17, 15) is 9.59 Å². The molecule has 30 heavy (non-hydrogen) atoms. The van der Waals surface area contributed by atoms with E-state index in [1.165, 1.54) is 11.3 Å². The van der Waals surface area contributed by atoms with Crippen molar-refractivity contribution < 1.29 is 9.59 Å². The highest BCUT2D eigenvalue weighted by Gasteiger charge is 2.18. The van der Waals surface area contributed by atoms with E-state index in [1.54, 1.807) is 29.2 Å². The van der Waals surface area contributed by atoms with Crippen LogP contribution in [0.2, 0.25) is 5.02 Å². The number of amides is 2. The molecule has 0 aliphatic heterocycles. The summed E-state index contributed by atoms with van der Waals surface area (Å²) < 4.78 is 0.967. The van der Waals surface area contributed by atoms with Crippen molar-refractivity contribution in [2.24, 2.45) is 0 Å². The number of anilines is 2. The number of hydrogen-bond acceptors (Lipinski definition) is 3. The molecular weight excluding hydrogens is 416 g/mol. The Morgan fingerprint density at radius 1 is 0.933 bits per heavy atom. The number of rotatable bonds is 5. The minimum atomic E-state index is -0.264. The average molecular weight is 435 g/mol. The van der Waals surface area contributed by atoms with Gasteiger partial charge in [-0.05, 0) is 49.4 Å². The van der Waals surface area contributed by atoms with E-state index in [-0.39, 0.29) is 11.8 Å². The number of fused-ring (bicyclic) bond motifs is 1. The molecule has 3 aromatic carbocycles. The second kappa shape index (κ2) is 8.69. The molecule has 1 heterocycles. The summed E-state index contributed by atoms with van der Waals surface area (Å²) in [6.07, 6.45) is 0.